The molecule has 28 heavy (non-hydrogen) atoms. The lowest BCUT2D eigenvalue weighted by molar-refractivity contribution is -0.116. The molecule has 146 valence electrons. The zero-order valence-corrected chi connectivity index (χ0v) is 16.0. The van der Waals surface area contributed by atoms with Crippen LogP contribution in [0.15, 0.2) is 42.5 Å². The molecule has 0 aromatic heterocycles. The summed E-state index contributed by atoms with van der Waals surface area (Å²) in [5.74, 6) is -0.499. The third-order valence-corrected chi connectivity index (χ3v) is 5.61. The Kier molecular flexibility index (Phi) is 5.19. The Morgan fingerprint density at radius 3 is 2.57 bits per heavy atom. The number of piperidine rings is 1. The van der Waals surface area contributed by atoms with Crippen molar-refractivity contribution >= 4 is 28.9 Å². The van der Waals surface area contributed by atoms with E-state index in [1.54, 1.807) is 4.90 Å². The second-order valence-electron chi connectivity index (χ2n) is 7.42. The van der Waals surface area contributed by atoms with E-state index >= 15 is 0 Å². The Balaban J connectivity index is 1.47. The van der Waals surface area contributed by atoms with E-state index in [1.807, 2.05) is 36.4 Å². The van der Waals surface area contributed by atoms with Crippen LogP contribution in [0.4, 0.5) is 17.1 Å². The molecule has 0 saturated carbocycles. The Labute approximate surface area is 165 Å². The van der Waals surface area contributed by atoms with Gasteiger partial charge in [-0.25, -0.2) is 0 Å². The molecule has 0 unspecified atom stereocenters. The van der Waals surface area contributed by atoms with Crippen molar-refractivity contribution in [1.29, 1.82) is 0 Å². The predicted molar refractivity (Wildman–Crippen MR) is 112 cm³/mol. The third-order valence-electron chi connectivity index (χ3n) is 5.61. The number of anilines is 3. The van der Waals surface area contributed by atoms with Crippen LogP contribution in [-0.4, -0.2) is 38.0 Å². The van der Waals surface area contributed by atoms with Gasteiger partial charge in [0.25, 0.3) is 5.91 Å². The summed E-state index contributed by atoms with van der Waals surface area (Å²) in [5.41, 5.74) is 9.83. The topological polar surface area (TPSA) is 78.7 Å². The summed E-state index contributed by atoms with van der Waals surface area (Å²) in [6.45, 7) is 2.81. The number of rotatable bonds is 5. The number of nitrogens with one attached hydrogen (secondary N) is 1. The van der Waals surface area contributed by atoms with Gasteiger partial charge in [0, 0.05) is 36.7 Å². The van der Waals surface area contributed by atoms with Gasteiger partial charge in [0.05, 0.1) is 12.1 Å². The van der Waals surface area contributed by atoms with E-state index in [0.29, 0.717) is 17.8 Å². The van der Waals surface area contributed by atoms with Crippen molar-refractivity contribution in [3.05, 3.63) is 53.6 Å². The number of amides is 2. The van der Waals surface area contributed by atoms with Crippen LogP contribution in [0.3, 0.4) is 0 Å². The van der Waals surface area contributed by atoms with E-state index in [-0.39, 0.29) is 12.5 Å². The van der Waals surface area contributed by atoms with Crippen molar-refractivity contribution in [3.8, 4) is 0 Å². The van der Waals surface area contributed by atoms with E-state index in [4.69, 9.17) is 5.73 Å². The molecule has 2 aromatic rings. The number of hydrogen-bond donors (Lipinski definition) is 2. The fourth-order valence-corrected chi connectivity index (χ4v) is 4.10. The van der Waals surface area contributed by atoms with Crippen LogP contribution in [0.2, 0.25) is 0 Å². The number of hydrogen-bond acceptors (Lipinski definition) is 4. The maximum absolute atomic E-state index is 12.7. The highest BCUT2D eigenvalue weighted by Crippen LogP contribution is 2.28. The van der Waals surface area contributed by atoms with Crippen molar-refractivity contribution in [2.45, 2.75) is 25.7 Å². The molecule has 2 amide bonds. The van der Waals surface area contributed by atoms with Crippen molar-refractivity contribution in [3.63, 3.8) is 0 Å². The predicted octanol–water partition coefficient (Wildman–Crippen LogP) is 2.78. The standard InChI is InChI=1S/C22H26N4O2/c23-22(28)18-14-17(25-11-4-1-5-12-25)8-9-19(18)24-15-21(27)26-13-10-16-6-2-3-7-20(16)26/h2-3,6-9,14,24H,1,4-5,10-13,15H2,(H2,23,28). The van der Waals surface area contributed by atoms with Crippen LogP contribution in [0.1, 0.15) is 35.2 Å². The Morgan fingerprint density at radius 1 is 1.00 bits per heavy atom. The second-order valence-corrected chi connectivity index (χ2v) is 7.42. The van der Waals surface area contributed by atoms with Gasteiger partial charge in [-0.05, 0) is 55.5 Å². The maximum Gasteiger partial charge on any atom is 0.250 e. The lowest BCUT2D eigenvalue weighted by atomic mass is 10.1. The van der Waals surface area contributed by atoms with Crippen molar-refractivity contribution in [1.82, 2.24) is 0 Å². The monoisotopic (exact) mass is 378 g/mol. The Hall–Kier alpha value is -3.02. The molecule has 2 heterocycles. The van der Waals surface area contributed by atoms with Crippen molar-refractivity contribution in [2.75, 3.05) is 41.3 Å². The average Bonchev–Trinajstić information content (AvgIpc) is 3.17. The van der Waals surface area contributed by atoms with Gasteiger partial charge in [-0.2, -0.15) is 0 Å². The number of nitrogens with zero attached hydrogens (tertiary/aromatic N) is 2. The Bertz CT molecular complexity index is 890. The first-order valence-corrected chi connectivity index (χ1v) is 9.94. The normalized spacial score (nSPS) is 16.0. The van der Waals surface area contributed by atoms with E-state index in [1.165, 1.54) is 12.0 Å². The molecule has 0 aliphatic carbocycles. The minimum Gasteiger partial charge on any atom is -0.375 e. The lowest BCUT2D eigenvalue weighted by Gasteiger charge is -2.29. The molecule has 4 rings (SSSR count). The van der Waals surface area contributed by atoms with Gasteiger partial charge in [0.15, 0.2) is 0 Å². The summed E-state index contributed by atoms with van der Waals surface area (Å²) in [6, 6.07) is 13.7. The maximum atomic E-state index is 12.7. The molecule has 1 saturated heterocycles. The van der Waals surface area contributed by atoms with Crippen molar-refractivity contribution in [2.24, 2.45) is 5.73 Å². The number of primary amides is 1. The highest BCUT2D eigenvalue weighted by atomic mass is 16.2. The minimum absolute atomic E-state index is 0.0134. The summed E-state index contributed by atoms with van der Waals surface area (Å²) in [6.07, 6.45) is 4.45. The summed E-state index contributed by atoms with van der Waals surface area (Å²) in [5, 5.41) is 3.12. The molecular formula is C22H26N4O2. The first kappa shape index (κ1) is 18.3. The van der Waals surface area contributed by atoms with Gasteiger partial charge in [-0.3, -0.25) is 9.59 Å². The molecule has 0 radical (unpaired) electrons. The molecule has 0 atom stereocenters. The molecular weight excluding hydrogens is 352 g/mol. The van der Waals surface area contributed by atoms with Gasteiger partial charge in [-0.1, -0.05) is 18.2 Å². The molecule has 1 fully saturated rings. The highest BCUT2D eigenvalue weighted by Gasteiger charge is 2.24. The van der Waals surface area contributed by atoms with Crippen LogP contribution in [0.25, 0.3) is 0 Å². The molecule has 3 N–H and O–H groups in total. The quantitative estimate of drug-likeness (QED) is 0.839. The SMILES string of the molecule is NC(=O)c1cc(N2CCCCC2)ccc1NCC(=O)N1CCc2ccccc21. The van der Waals surface area contributed by atoms with Gasteiger partial charge >= 0.3 is 0 Å². The summed E-state index contributed by atoms with van der Waals surface area (Å²) in [7, 11) is 0. The van der Waals surface area contributed by atoms with E-state index in [9.17, 15) is 9.59 Å². The molecule has 2 aromatic carbocycles. The first-order chi connectivity index (χ1) is 13.6. The number of benzene rings is 2. The summed E-state index contributed by atoms with van der Waals surface area (Å²) >= 11 is 0. The van der Waals surface area contributed by atoms with Gasteiger partial charge in [0.1, 0.15) is 0 Å². The fraction of sp³-hybridized carbons (Fsp3) is 0.364. The number of para-hydroxylation sites is 1. The van der Waals surface area contributed by atoms with Crippen LogP contribution in [0.5, 0.6) is 0 Å². The van der Waals surface area contributed by atoms with Crippen LogP contribution in [0, 0.1) is 0 Å². The number of nitrogens with two attached hydrogens (primary N) is 1. The molecule has 0 spiro atoms. The number of carbonyl (C=O) groups excluding carboxylic acids is 2. The van der Waals surface area contributed by atoms with E-state index in [2.05, 4.69) is 16.3 Å². The fourth-order valence-electron chi connectivity index (χ4n) is 4.10. The third kappa shape index (κ3) is 3.67. The van der Waals surface area contributed by atoms with E-state index < -0.39 is 5.91 Å². The van der Waals surface area contributed by atoms with Gasteiger partial charge in [0.2, 0.25) is 5.91 Å². The molecule has 2 aliphatic heterocycles. The molecule has 2 aliphatic rings. The second kappa shape index (κ2) is 7.92. The molecule has 6 heteroatoms. The number of carbonyl (C=O) groups is 2. The highest BCUT2D eigenvalue weighted by molar-refractivity contribution is 6.02. The average molecular weight is 378 g/mol. The van der Waals surface area contributed by atoms with Crippen LogP contribution < -0.4 is 20.9 Å². The van der Waals surface area contributed by atoms with Gasteiger partial charge < -0.3 is 20.9 Å². The minimum atomic E-state index is -0.486. The zero-order valence-electron chi connectivity index (χ0n) is 16.0. The summed E-state index contributed by atoms with van der Waals surface area (Å²) < 4.78 is 0. The van der Waals surface area contributed by atoms with Crippen LogP contribution >= 0.6 is 0 Å². The smallest absolute Gasteiger partial charge is 0.250 e. The summed E-state index contributed by atoms with van der Waals surface area (Å²) in [4.78, 5) is 28.8. The Morgan fingerprint density at radius 2 is 1.79 bits per heavy atom. The van der Waals surface area contributed by atoms with Crippen LogP contribution in [-0.2, 0) is 11.2 Å². The first-order valence-electron chi connectivity index (χ1n) is 9.94. The lowest BCUT2D eigenvalue weighted by Crippen LogP contribution is -2.34. The van der Waals surface area contributed by atoms with Gasteiger partial charge in [-0.15, -0.1) is 0 Å². The zero-order chi connectivity index (χ0) is 19.5. The van der Waals surface area contributed by atoms with E-state index in [0.717, 1.165) is 43.7 Å². The molecule has 6 nitrogen and oxygen atoms in total. The molecule has 0 bridgehead atoms. The van der Waals surface area contributed by atoms with Crippen molar-refractivity contribution < 1.29 is 9.59 Å². The largest absolute Gasteiger partial charge is 0.375 e. The number of fused-ring (bicyclic) bond motifs is 1.